The van der Waals surface area contributed by atoms with Crippen LogP contribution in [0.25, 0.3) is 0 Å². The lowest BCUT2D eigenvalue weighted by Crippen LogP contribution is -2.25. The Morgan fingerprint density at radius 1 is 1.64 bits per heavy atom. The third-order valence-electron chi connectivity index (χ3n) is 1.85. The molecule has 64 valence electrons. The number of ketones is 1. The zero-order chi connectivity index (χ0) is 8.43. The minimum Gasteiger partial charge on any atom is -0.366 e. The molecule has 11 heavy (non-hydrogen) atoms. The monoisotopic (exact) mass is 157 g/mol. The van der Waals surface area contributed by atoms with Crippen LogP contribution in [0, 0.1) is 0 Å². The van der Waals surface area contributed by atoms with Crippen molar-refractivity contribution in [3.8, 4) is 0 Å². The average molecular weight is 157 g/mol. The van der Waals surface area contributed by atoms with Gasteiger partial charge in [-0.3, -0.25) is 4.79 Å². The Labute approximate surface area is 67.3 Å². The van der Waals surface area contributed by atoms with Gasteiger partial charge < -0.3 is 9.64 Å². The summed E-state index contributed by atoms with van der Waals surface area (Å²) < 4.78 is 5.39. The van der Waals surface area contributed by atoms with Crippen LogP contribution in [0.1, 0.15) is 13.3 Å². The Morgan fingerprint density at radius 3 is 2.64 bits per heavy atom. The van der Waals surface area contributed by atoms with Crippen LogP contribution in [0.2, 0.25) is 0 Å². The summed E-state index contributed by atoms with van der Waals surface area (Å²) in [5, 5.41) is 0. The van der Waals surface area contributed by atoms with Crippen molar-refractivity contribution in [2.45, 2.75) is 25.6 Å². The van der Waals surface area contributed by atoms with Crippen molar-refractivity contribution in [1.82, 2.24) is 4.90 Å². The SMILES string of the molecule is CC1OC(CN(C)C)CC1=O. The van der Waals surface area contributed by atoms with Gasteiger partial charge in [-0.25, -0.2) is 0 Å². The first-order chi connectivity index (χ1) is 5.09. The molecule has 0 aliphatic carbocycles. The predicted octanol–water partition coefficient (Wildman–Crippen LogP) is 0.294. The van der Waals surface area contributed by atoms with Crippen LogP contribution in [0.3, 0.4) is 0 Å². The van der Waals surface area contributed by atoms with Crippen molar-refractivity contribution in [2.75, 3.05) is 20.6 Å². The Bertz CT molecular complexity index is 156. The van der Waals surface area contributed by atoms with Crippen molar-refractivity contribution >= 4 is 5.78 Å². The molecule has 1 fully saturated rings. The topological polar surface area (TPSA) is 29.5 Å². The predicted molar refractivity (Wildman–Crippen MR) is 42.5 cm³/mol. The highest BCUT2D eigenvalue weighted by atomic mass is 16.5. The van der Waals surface area contributed by atoms with Crippen LogP contribution in [0.15, 0.2) is 0 Å². The molecule has 0 radical (unpaired) electrons. The Morgan fingerprint density at radius 2 is 2.27 bits per heavy atom. The van der Waals surface area contributed by atoms with E-state index in [1.165, 1.54) is 0 Å². The van der Waals surface area contributed by atoms with Crippen molar-refractivity contribution in [3.63, 3.8) is 0 Å². The Hall–Kier alpha value is -0.410. The van der Waals surface area contributed by atoms with E-state index in [4.69, 9.17) is 4.74 Å². The number of hydrogen-bond donors (Lipinski definition) is 0. The number of nitrogens with zero attached hydrogens (tertiary/aromatic N) is 1. The van der Waals surface area contributed by atoms with Gasteiger partial charge in [0.2, 0.25) is 0 Å². The van der Waals surface area contributed by atoms with E-state index in [1.54, 1.807) is 0 Å². The van der Waals surface area contributed by atoms with Crippen molar-refractivity contribution in [3.05, 3.63) is 0 Å². The minimum atomic E-state index is -0.181. The van der Waals surface area contributed by atoms with Gasteiger partial charge in [0.25, 0.3) is 0 Å². The molecule has 1 rings (SSSR count). The normalized spacial score (nSPS) is 31.8. The molecular formula is C8H15NO2. The lowest BCUT2D eigenvalue weighted by atomic mass is 10.2. The number of carbonyl (C=O) groups is 1. The molecule has 3 heteroatoms. The molecule has 0 aromatic rings. The van der Waals surface area contributed by atoms with E-state index in [0.717, 1.165) is 6.54 Å². The van der Waals surface area contributed by atoms with E-state index in [2.05, 4.69) is 0 Å². The lowest BCUT2D eigenvalue weighted by molar-refractivity contribution is -0.121. The maximum absolute atomic E-state index is 11.0. The third-order valence-corrected chi connectivity index (χ3v) is 1.85. The maximum atomic E-state index is 11.0. The standard InChI is InChI=1S/C8H15NO2/c1-6-8(10)4-7(11-6)5-9(2)3/h6-7H,4-5H2,1-3H3. The summed E-state index contributed by atoms with van der Waals surface area (Å²) in [4.78, 5) is 13.1. The molecule has 0 saturated carbocycles. The molecule has 2 unspecified atom stereocenters. The quantitative estimate of drug-likeness (QED) is 0.577. The lowest BCUT2D eigenvalue weighted by Gasteiger charge is -2.14. The van der Waals surface area contributed by atoms with Crippen molar-refractivity contribution in [1.29, 1.82) is 0 Å². The van der Waals surface area contributed by atoms with Gasteiger partial charge in [0.05, 0.1) is 6.10 Å². The maximum Gasteiger partial charge on any atom is 0.163 e. The zero-order valence-corrected chi connectivity index (χ0v) is 7.33. The smallest absolute Gasteiger partial charge is 0.163 e. The largest absolute Gasteiger partial charge is 0.366 e. The van der Waals surface area contributed by atoms with Crippen LogP contribution in [-0.2, 0) is 9.53 Å². The van der Waals surface area contributed by atoms with Crippen LogP contribution >= 0.6 is 0 Å². The summed E-state index contributed by atoms with van der Waals surface area (Å²) in [7, 11) is 3.97. The number of ether oxygens (including phenoxy) is 1. The van der Waals surface area contributed by atoms with Gasteiger partial charge in [-0.1, -0.05) is 0 Å². The number of likely N-dealkylation sites (N-methyl/N-ethyl adjacent to an activating group) is 1. The first kappa shape index (κ1) is 8.68. The first-order valence-corrected chi connectivity index (χ1v) is 3.92. The zero-order valence-electron chi connectivity index (χ0n) is 7.33. The highest BCUT2D eigenvalue weighted by Crippen LogP contribution is 2.15. The molecular weight excluding hydrogens is 142 g/mol. The van der Waals surface area contributed by atoms with E-state index < -0.39 is 0 Å². The summed E-state index contributed by atoms with van der Waals surface area (Å²) in [6.07, 6.45) is 0.520. The van der Waals surface area contributed by atoms with E-state index >= 15 is 0 Å². The molecule has 1 saturated heterocycles. The molecule has 0 aromatic carbocycles. The fourth-order valence-electron chi connectivity index (χ4n) is 1.32. The summed E-state index contributed by atoms with van der Waals surface area (Å²) in [5.74, 6) is 0.233. The highest BCUT2D eigenvalue weighted by Gasteiger charge is 2.29. The van der Waals surface area contributed by atoms with Gasteiger partial charge in [0.15, 0.2) is 5.78 Å². The van der Waals surface area contributed by atoms with E-state index in [1.807, 2.05) is 25.9 Å². The van der Waals surface area contributed by atoms with Gasteiger partial charge in [0.1, 0.15) is 6.10 Å². The van der Waals surface area contributed by atoms with Crippen molar-refractivity contribution in [2.24, 2.45) is 0 Å². The summed E-state index contributed by atoms with van der Waals surface area (Å²) in [6.45, 7) is 2.66. The number of rotatable bonds is 2. The molecule has 0 bridgehead atoms. The fraction of sp³-hybridized carbons (Fsp3) is 0.875. The summed E-state index contributed by atoms with van der Waals surface area (Å²) in [5.41, 5.74) is 0. The van der Waals surface area contributed by atoms with E-state index in [0.29, 0.717) is 6.42 Å². The minimum absolute atomic E-state index is 0.118. The van der Waals surface area contributed by atoms with Crippen LogP contribution < -0.4 is 0 Å². The Kier molecular flexibility index (Phi) is 2.62. The second-order valence-electron chi connectivity index (χ2n) is 3.33. The van der Waals surface area contributed by atoms with E-state index in [-0.39, 0.29) is 18.0 Å². The van der Waals surface area contributed by atoms with Gasteiger partial charge in [0, 0.05) is 13.0 Å². The van der Waals surface area contributed by atoms with Crippen LogP contribution in [0.5, 0.6) is 0 Å². The van der Waals surface area contributed by atoms with Gasteiger partial charge in [-0.05, 0) is 21.0 Å². The molecule has 3 nitrogen and oxygen atoms in total. The molecule has 1 aliphatic heterocycles. The average Bonchev–Trinajstić information content (AvgIpc) is 2.10. The third kappa shape index (κ3) is 2.27. The summed E-state index contributed by atoms with van der Waals surface area (Å²) in [6, 6.07) is 0. The molecule has 0 aromatic heterocycles. The number of Topliss-reactive ketones (excluding diaryl/α,β-unsaturated/α-hetero) is 1. The highest BCUT2D eigenvalue weighted by molar-refractivity contribution is 5.84. The molecule has 0 amide bonds. The van der Waals surface area contributed by atoms with Gasteiger partial charge in [-0.2, -0.15) is 0 Å². The molecule has 1 heterocycles. The fourth-order valence-corrected chi connectivity index (χ4v) is 1.32. The Balaban J connectivity index is 2.35. The second-order valence-corrected chi connectivity index (χ2v) is 3.33. The van der Waals surface area contributed by atoms with Crippen molar-refractivity contribution < 1.29 is 9.53 Å². The number of hydrogen-bond acceptors (Lipinski definition) is 3. The molecule has 0 N–H and O–H groups in total. The molecule has 0 spiro atoms. The first-order valence-electron chi connectivity index (χ1n) is 3.92. The van der Waals surface area contributed by atoms with E-state index in [9.17, 15) is 4.79 Å². The second kappa shape index (κ2) is 3.32. The number of carbonyl (C=O) groups excluding carboxylic acids is 1. The van der Waals surface area contributed by atoms with Gasteiger partial charge in [-0.15, -0.1) is 0 Å². The van der Waals surface area contributed by atoms with Gasteiger partial charge >= 0.3 is 0 Å². The van der Waals surface area contributed by atoms with Crippen LogP contribution in [-0.4, -0.2) is 43.5 Å². The molecule has 2 atom stereocenters. The molecule has 1 aliphatic rings. The summed E-state index contributed by atoms with van der Waals surface area (Å²) >= 11 is 0. The van der Waals surface area contributed by atoms with Crippen LogP contribution in [0.4, 0.5) is 0 Å².